The Morgan fingerprint density at radius 2 is 1.92 bits per heavy atom. The highest BCUT2D eigenvalue weighted by molar-refractivity contribution is 5.83. The highest BCUT2D eigenvalue weighted by Gasteiger charge is 2.30. The standard InChI is InChI=1S/C17H21F3N2O4/c18-17(19,20)13-2-1-3-14(12-13)26-9-6-21-15(23)4-5-16(24)22-7-10-25-11-8-22/h1-3,12H,4-11H2,(H,21,23). The number of rotatable bonds is 7. The van der Waals surface area contributed by atoms with E-state index in [0.29, 0.717) is 26.3 Å². The summed E-state index contributed by atoms with van der Waals surface area (Å²) >= 11 is 0. The molecule has 1 aliphatic heterocycles. The van der Waals surface area contributed by atoms with E-state index in [1.165, 1.54) is 12.1 Å². The lowest BCUT2D eigenvalue weighted by atomic mass is 10.2. The molecule has 1 N–H and O–H groups in total. The number of hydrogen-bond donors (Lipinski definition) is 1. The Hall–Kier alpha value is -2.29. The molecule has 1 fully saturated rings. The monoisotopic (exact) mass is 374 g/mol. The molecule has 0 saturated carbocycles. The summed E-state index contributed by atoms with van der Waals surface area (Å²) in [5.74, 6) is -0.320. The van der Waals surface area contributed by atoms with E-state index in [2.05, 4.69) is 5.32 Å². The van der Waals surface area contributed by atoms with Gasteiger partial charge in [-0.2, -0.15) is 13.2 Å². The summed E-state index contributed by atoms with van der Waals surface area (Å²) in [5, 5.41) is 2.57. The molecule has 1 saturated heterocycles. The predicted octanol–water partition coefficient (Wildman–Crippen LogP) is 1.84. The second-order valence-electron chi connectivity index (χ2n) is 5.72. The molecule has 1 aromatic carbocycles. The molecule has 0 spiro atoms. The SMILES string of the molecule is O=C(CCC(=O)N1CCOCC1)NCCOc1cccc(C(F)(F)F)c1. The molecular weight excluding hydrogens is 353 g/mol. The zero-order valence-electron chi connectivity index (χ0n) is 14.2. The first kappa shape index (κ1) is 20.0. The van der Waals surface area contributed by atoms with Gasteiger partial charge in [-0.25, -0.2) is 0 Å². The van der Waals surface area contributed by atoms with Crippen LogP contribution in [0.15, 0.2) is 24.3 Å². The number of nitrogens with zero attached hydrogens (tertiary/aromatic N) is 1. The van der Waals surface area contributed by atoms with Gasteiger partial charge >= 0.3 is 6.18 Å². The fourth-order valence-corrected chi connectivity index (χ4v) is 2.40. The van der Waals surface area contributed by atoms with Gasteiger partial charge in [-0.1, -0.05) is 6.07 Å². The molecule has 1 heterocycles. The van der Waals surface area contributed by atoms with E-state index in [9.17, 15) is 22.8 Å². The maximum absolute atomic E-state index is 12.6. The highest BCUT2D eigenvalue weighted by Crippen LogP contribution is 2.31. The van der Waals surface area contributed by atoms with E-state index < -0.39 is 11.7 Å². The molecule has 6 nitrogen and oxygen atoms in total. The number of halogens is 3. The zero-order valence-corrected chi connectivity index (χ0v) is 14.2. The van der Waals surface area contributed by atoms with Crippen LogP contribution in [-0.4, -0.2) is 56.2 Å². The third-order valence-corrected chi connectivity index (χ3v) is 3.78. The maximum atomic E-state index is 12.6. The summed E-state index contributed by atoms with van der Waals surface area (Å²) < 4.78 is 48.2. The zero-order chi connectivity index (χ0) is 19.0. The molecule has 0 atom stereocenters. The van der Waals surface area contributed by atoms with Gasteiger partial charge in [0.15, 0.2) is 0 Å². The van der Waals surface area contributed by atoms with Crippen molar-refractivity contribution in [3.05, 3.63) is 29.8 Å². The van der Waals surface area contributed by atoms with Gasteiger partial charge in [-0.3, -0.25) is 9.59 Å². The van der Waals surface area contributed by atoms with Gasteiger partial charge in [0.25, 0.3) is 0 Å². The lowest BCUT2D eigenvalue weighted by Gasteiger charge is -2.26. The summed E-state index contributed by atoms with van der Waals surface area (Å²) in [5.41, 5.74) is -0.791. The van der Waals surface area contributed by atoms with Crippen LogP contribution in [0.5, 0.6) is 5.75 Å². The van der Waals surface area contributed by atoms with Crippen LogP contribution in [0.1, 0.15) is 18.4 Å². The fraction of sp³-hybridized carbons (Fsp3) is 0.529. The van der Waals surface area contributed by atoms with Crippen LogP contribution in [0.25, 0.3) is 0 Å². The fourth-order valence-electron chi connectivity index (χ4n) is 2.40. The molecule has 0 radical (unpaired) electrons. The van der Waals surface area contributed by atoms with Crippen LogP contribution < -0.4 is 10.1 Å². The minimum absolute atomic E-state index is 0.0322. The third-order valence-electron chi connectivity index (χ3n) is 3.78. The van der Waals surface area contributed by atoms with Gasteiger partial charge in [0.2, 0.25) is 11.8 Å². The summed E-state index contributed by atoms with van der Waals surface area (Å²) in [4.78, 5) is 25.3. The molecule has 0 bridgehead atoms. The minimum Gasteiger partial charge on any atom is -0.492 e. The largest absolute Gasteiger partial charge is 0.492 e. The molecule has 1 aliphatic rings. The van der Waals surface area contributed by atoms with E-state index in [1.54, 1.807) is 4.90 Å². The topological polar surface area (TPSA) is 67.9 Å². The average molecular weight is 374 g/mol. The Morgan fingerprint density at radius 1 is 1.19 bits per heavy atom. The van der Waals surface area contributed by atoms with E-state index in [0.717, 1.165) is 12.1 Å². The summed E-state index contributed by atoms with van der Waals surface area (Å²) in [7, 11) is 0. The molecule has 0 aliphatic carbocycles. The van der Waals surface area contributed by atoms with E-state index in [1.807, 2.05) is 0 Å². The predicted molar refractivity (Wildman–Crippen MR) is 86.6 cm³/mol. The molecule has 144 valence electrons. The number of amides is 2. The molecule has 2 rings (SSSR count). The highest BCUT2D eigenvalue weighted by atomic mass is 19.4. The Bertz CT molecular complexity index is 616. The second kappa shape index (κ2) is 9.42. The lowest BCUT2D eigenvalue weighted by Crippen LogP contribution is -2.41. The lowest BCUT2D eigenvalue weighted by molar-refractivity contribution is -0.138. The van der Waals surface area contributed by atoms with E-state index in [-0.39, 0.29) is 43.6 Å². The van der Waals surface area contributed by atoms with Gasteiger partial charge < -0.3 is 19.7 Å². The molecule has 2 amide bonds. The van der Waals surface area contributed by atoms with Gasteiger partial charge in [0.05, 0.1) is 25.3 Å². The minimum atomic E-state index is -4.43. The molecule has 0 unspecified atom stereocenters. The van der Waals surface area contributed by atoms with Crippen molar-refractivity contribution in [3.63, 3.8) is 0 Å². The van der Waals surface area contributed by atoms with Gasteiger partial charge in [0, 0.05) is 25.9 Å². The van der Waals surface area contributed by atoms with Crippen molar-refractivity contribution in [1.29, 1.82) is 0 Å². The van der Waals surface area contributed by atoms with Crippen molar-refractivity contribution in [1.82, 2.24) is 10.2 Å². The van der Waals surface area contributed by atoms with Crippen LogP contribution in [0.4, 0.5) is 13.2 Å². The van der Waals surface area contributed by atoms with Crippen LogP contribution in [-0.2, 0) is 20.5 Å². The van der Waals surface area contributed by atoms with E-state index >= 15 is 0 Å². The van der Waals surface area contributed by atoms with Crippen molar-refractivity contribution in [3.8, 4) is 5.75 Å². The van der Waals surface area contributed by atoms with Crippen molar-refractivity contribution < 1.29 is 32.2 Å². The number of nitrogens with one attached hydrogen (secondary N) is 1. The number of alkyl halides is 3. The Labute approximate surface area is 149 Å². The Kier molecular flexibility index (Phi) is 7.26. The first-order valence-corrected chi connectivity index (χ1v) is 8.28. The number of benzene rings is 1. The molecule has 1 aromatic rings. The van der Waals surface area contributed by atoms with Gasteiger partial charge in [0.1, 0.15) is 12.4 Å². The van der Waals surface area contributed by atoms with Crippen LogP contribution in [0, 0.1) is 0 Å². The molecular formula is C17H21F3N2O4. The van der Waals surface area contributed by atoms with Crippen LogP contribution >= 0.6 is 0 Å². The van der Waals surface area contributed by atoms with Gasteiger partial charge in [-0.05, 0) is 18.2 Å². The molecule has 9 heteroatoms. The average Bonchev–Trinajstić information content (AvgIpc) is 2.63. The van der Waals surface area contributed by atoms with Crippen molar-refractivity contribution in [2.75, 3.05) is 39.5 Å². The Balaban J connectivity index is 1.63. The molecule has 0 aromatic heterocycles. The van der Waals surface area contributed by atoms with Crippen molar-refractivity contribution >= 4 is 11.8 Å². The van der Waals surface area contributed by atoms with Crippen molar-refractivity contribution in [2.24, 2.45) is 0 Å². The number of carbonyl (C=O) groups excluding carboxylic acids is 2. The summed E-state index contributed by atoms with van der Waals surface area (Å²) in [6, 6.07) is 4.54. The number of morpholine rings is 1. The Morgan fingerprint density at radius 3 is 2.62 bits per heavy atom. The first-order valence-electron chi connectivity index (χ1n) is 8.28. The number of carbonyl (C=O) groups is 2. The second-order valence-corrected chi connectivity index (χ2v) is 5.72. The smallest absolute Gasteiger partial charge is 0.416 e. The van der Waals surface area contributed by atoms with Crippen LogP contribution in [0.3, 0.4) is 0 Å². The maximum Gasteiger partial charge on any atom is 0.416 e. The normalized spacial score (nSPS) is 14.8. The van der Waals surface area contributed by atoms with Gasteiger partial charge in [-0.15, -0.1) is 0 Å². The van der Waals surface area contributed by atoms with Crippen molar-refractivity contribution in [2.45, 2.75) is 19.0 Å². The van der Waals surface area contributed by atoms with Crippen LogP contribution in [0.2, 0.25) is 0 Å². The number of hydrogen-bond acceptors (Lipinski definition) is 4. The summed E-state index contributed by atoms with van der Waals surface area (Å²) in [6.07, 6.45) is -4.26. The molecule has 26 heavy (non-hydrogen) atoms. The number of ether oxygens (including phenoxy) is 2. The first-order chi connectivity index (χ1) is 12.4. The quantitative estimate of drug-likeness (QED) is 0.740. The van der Waals surface area contributed by atoms with E-state index in [4.69, 9.17) is 9.47 Å². The third kappa shape index (κ3) is 6.55. The summed E-state index contributed by atoms with van der Waals surface area (Å²) in [6.45, 7) is 2.25.